The molecule has 3 rings (SSSR count). The van der Waals surface area contributed by atoms with Gasteiger partial charge in [0.1, 0.15) is 12.1 Å². The van der Waals surface area contributed by atoms with Crippen LogP contribution < -0.4 is 10.6 Å². The zero-order valence-electron chi connectivity index (χ0n) is 12.7. The Balaban J connectivity index is 1.68. The number of nitrogens with zero attached hydrogens (tertiary/aromatic N) is 1. The first kappa shape index (κ1) is 14.6. The molecule has 1 saturated carbocycles. The lowest BCUT2D eigenvalue weighted by Crippen LogP contribution is -2.46. The fraction of sp³-hybridized carbons (Fsp3) is 0.438. The van der Waals surface area contributed by atoms with Gasteiger partial charge in [0.2, 0.25) is 5.91 Å². The summed E-state index contributed by atoms with van der Waals surface area (Å²) in [6.45, 7) is 3.36. The van der Waals surface area contributed by atoms with Crippen LogP contribution >= 0.6 is 0 Å². The molecule has 1 aliphatic carbocycles. The molecule has 1 aromatic carbocycles. The molecule has 1 aromatic rings. The molecular weight excluding hydrogens is 282 g/mol. The van der Waals surface area contributed by atoms with Gasteiger partial charge < -0.3 is 10.6 Å². The SMILES string of the molecule is Cc1ccccc1NC(=O)CN1C(=O)N[C@](C)(C2CC2)C1=O. The Kier molecular flexibility index (Phi) is 3.39. The van der Waals surface area contributed by atoms with Gasteiger partial charge in [0.05, 0.1) is 0 Å². The summed E-state index contributed by atoms with van der Waals surface area (Å²) in [4.78, 5) is 37.6. The van der Waals surface area contributed by atoms with Crippen molar-refractivity contribution in [3.05, 3.63) is 29.8 Å². The van der Waals surface area contributed by atoms with Crippen LogP contribution in [0.2, 0.25) is 0 Å². The largest absolute Gasteiger partial charge is 0.325 e. The fourth-order valence-electron chi connectivity index (χ4n) is 2.84. The maximum Gasteiger partial charge on any atom is 0.325 e. The highest BCUT2D eigenvalue weighted by molar-refractivity contribution is 6.10. The van der Waals surface area contributed by atoms with Gasteiger partial charge in [-0.05, 0) is 44.2 Å². The van der Waals surface area contributed by atoms with Gasteiger partial charge >= 0.3 is 6.03 Å². The van der Waals surface area contributed by atoms with E-state index in [1.807, 2.05) is 25.1 Å². The number of amides is 4. The first-order chi connectivity index (χ1) is 10.4. The van der Waals surface area contributed by atoms with Crippen molar-refractivity contribution in [3.63, 3.8) is 0 Å². The predicted octanol–water partition coefficient (Wildman–Crippen LogP) is 1.65. The van der Waals surface area contributed by atoms with Gasteiger partial charge in [-0.25, -0.2) is 4.79 Å². The topological polar surface area (TPSA) is 78.5 Å². The Labute approximate surface area is 128 Å². The van der Waals surface area contributed by atoms with Gasteiger partial charge in [0, 0.05) is 5.69 Å². The van der Waals surface area contributed by atoms with Crippen molar-refractivity contribution in [1.29, 1.82) is 0 Å². The normalized spacial score (nSPS) is 24.4. The summed E-state index contributed by atoms with van der Waals surface area (Å²) in [6, 6.07) is 6.88. The van der Waals surface area contributed by atoms with E-state index in [0.29, 0.717) is 5.69 Å². The lowest BCUT2D eigenvalue weighted by molar-refractivity contribution is -0.134. The summed E-state index contributed by atoms with van der Waals surface area (Å²) >= 11 is 0. The third kappa shape index (κ3) is 2.45. The average molecular weight is 301 g/mol. The molecule has 6 heteroatoms. The molecule has 0 unspecified atom stereocenters. The van der Waals surface area contributed by atoms with E-state index in [1.165, 1.54) is 0 Å². The number of benzene rings is 1. The molecule has 2 fully saturated rings. The minimum atomic E-state index is -0.847. The summed E-state index contributed by atoms with van der Waals surface area (Å²) in [7, 11) is 0. The number of anilines is 1. The van der Waals surface area contributed by atoms with Crippen molar-refractivity contribution in [3.8, 4) is 0 Å². The monoisotopic (exact) mass is 301 g/mol. The minimum absolute atomic E-state index is 0.188. The Hall–Kier alpha value is -2.37. The van der Waals surface area contributed by atoms with E-state index in [-0.39, 0.29) is 24.3 Å². The van der Waals surface area contributed by atoms with Crippen LogP contribution in [0.15, 0.2) is 24.3 Å². The average Bonchev–Trinajstić information content (AvgIpc) is 3.28. The first-order valence-electron chi connectivity index (χ1n) is 7.41. The number of carbonyl (C=O) groups excluding carboxylic acids is 3. The molecule has 1 heterocycles. The number of hydrogen-bond donors (Lipinski definition) is 2. The number of urea groups is 1. The van der Waals surface area contributed by atoms with Crippen molar-refractivity contribution in [1.82, 2.24) is 10.2 Å². The van der Waals surface area contributed by atoms with Gasteiger partial charge in [-0.15, -0.1) is 0 Å². The first-order valence-corrected chi connectivity index (χ1v) is 7.41. The molecule has 6 nitrogen and oxygen atoms in total. The van der Waals surface area contributed by atoms with Crippen molar-refractivity contribution in [2.75, 3.05) is 11.9 Å². The van der Waals surface area contributed by atoms with Crippen LogP contribution in [0.1, 0.15) is 25.3 Å². The Bertz CT molecular complexity index is 654. The molecule has 1 atom stereocenters. The molecule has 0 bridgehead atoms. The maximum atomic E-state index is 12.4. The van der Waals surface area contributed by atoms with Gasteiger partial charge in [-0.2, -0.15) is 0 Å². The van der Waals surface area contributed by atoms with E-state index >= 15 is 0 Å². The van der Waals surface area contributed by atoms with Crippen LogP contribution in [-0.4, -0.2) is 34.8 Å². The quantitative estimate of drug-likeness (QED) is 0.830. The van der Waals surface area contributed by atoms with E-state index in [2.05, 4.69) is 10.6 Å². The molecule has 0 spiro atoms. The Morgan fingerprint density at radius 3 is 2.68 bits per heavy atom. The number of imide groups is 1. The highest BCUT2D eigenvalue weighted by atomic mass is 16.2. The molecule has 2 N–H and O–H groups in total. The van der Waals surface area contributed by atoms with Crippen LogP contribution in [-0.2, 0) is 9.59 Å². The van der Waals surface area contributed by atoms with E-state index in [0.717, 1.165) is 23.3 Å². The molecule has 1 aliphatic heterocycles. The molecule has 0 radical (unpaired) electrons. The summed E-state index contributed by atoms with van der Waals surface area (Å²) in [5.41, 5.74) is 0.764. The number of hydrogen-bond acceptors (Lipinski definition) is 3. The standard InChI is InChI=1S/C16H19N3O3/c1-10-5-3-4-6-12(10)17-13(20)9-19-14(21)16(2,11-7-8-11)18-15(19)22/h3-6,11H,7-9H2,1-2H3,(H,17,20)(H,18,22)/t16-/m1/s1. The molecule has 1 saturated heterocycles. The van der Waals surface area contributed by atoms with E-state index in [1.54, 1.807) is 13.0 Å². The van der Waals surface area contributed by atoms with Gasteiger partial charge in [-0.3, -0.25) is 14.5 Å². The van der Waals surface area contributed by atoms with Crippen LogP contribution in [0.3, 0.4) is 0 Å². The van der Waals surface area contributed by atoms with Crippen LogP contribution in [0.25, 0.3) is 0 Å². The van der Waals surface area contributed by atoms with E-state index in [9.17, 15) is 14.4 Å². The summed E-state index contributed by atoms with van der Waals surface area (Å²) in [6.07, 6.45) is 1.87. The van der Waals surface area contributed by atoms with E-state index < -0.39 is 11.6 Å². The van der Waals surface area contributed by atoms with Crippen LogP contribution in [0, 0.1) is 12.8 Å². The van der Waals surface area contributed by atoms with Crippen LogP contribution in [0.5, 0.6) is 0 Å². The summed E-state index contributed by atoms with van der Waals surface area (Å²) < 4.78 is 0. The number of rotatable bonds is 4. The Morgan fingerprint density at radius 2 is 2.05 bits per heavy atom. The summed E-state index contributed by atoms with van der Waals surface area (Å²) in [5, 5.41) is 5.47. The number of para-hydroxylation sites is 1. The highest BCUT2D eigenvalue weighted by Crippen LogP contribution is 2.42. The minimum Gasteiger partial charge on any atom is -0.324 e. The van der Waals surface area contributed by atoms with Gasteiger partial charge in [-0.1, -0.05) is 18.2 Å². The number of carbonyl (C=O) groups is 3. The van der Waals surface area contributed by atoms with E-state index in [4.69, 9.17) is 0 Å². The van der Waals surface area contributed by atoms with Crippen molar-refractivity contribution < 1.29 is 14.4 Å². The molecule has 0 aromatic heterocycles. The second-order valence-corrected chi connectivity index (χ2v) is 6.16. The second kappa shape index (κ2) is 5.12. The van der Waals surface area contributed by atoms with Crippen molar-refractivity contribution in [2.24, 2.45) is 5.92 Å². The molecule has 116 valence electrons. The number of nitrogens with one attached hydrogen (secondary N) is 2. The second-order valence-electron chi connectivity index (χ2n) is 6.16. The smallest absolute Gasteiger partial charge is 0.324 e. The lowest BCUT2D eigenvalue weighted by atomic mass is 9.96. The maximum absolute atomic E-state index is 12.4. The predicted molar refractivity (Wildman–Crippen MR) is 81.2 cm³/mol. The third-order valence-electron chi connectivity index (χ3n) is 4.42. The molecular formula is C16H19N3O3. The van der Waals surface area contributed by atoms with Crippen molar-refractivity contribution >= 4 is 23.5 Å². The summed E-state index contributed by atoms with van der Waals surface area (Å²) in [5.74, 6) is -0.494. The van der Waals surface area contributed by atoms with Gasteiger partial charge in [0.15, 0.2) is 0 Å². The zero-order chi connectivity index (χ0) is 15.9. The number of aryl methyl sites for hydroxylation is 1. The van der Waals surface area contributed by atoms with Crippen molar-refractivity contribution in [2.45, 2.75) is 32.2 Å². The highest BCUT2D eigenvalue weighted by Gasteiger charge is 2.56. The van der Waals surface area contributed by atoms with Crippen LogP contribution in [0.4, 0.5) is 10.5 Å². The van der Waals surface area contributed by atoms with Gasteiger partial charge in [0.25, 0.3) is 5.91 Å². The lowest BCUT2D eigenvalue weighted by Gasteiger charge is -2.20. The fourth-order valence-corrected chi connectivity index (χ4v) is 2.84. The molecule has 4 amide bonds. The molecule has 2 aliphatic rings. The zero-order valence-corrected chi connectivity index (χ0v) is 12.7. The molecule has 22 heavy (non-hydrogen) atoms. The third-order valence-corrected chi connectivity index (χ3v) is 4.42. The Morgan fingerprint density at radius 1 is 1.36 bits per heavy atom.